The number of carbonyl (C=O) groups excluding carboxylic acids is 1. The number of nitrogens with zero attached hydrogens (tertiary/aromatic N) is 2. The topological polar surface area (TPSA) is 86.5 Å². The van der Waals surface area contributed by atoms with Crippen molar-refractivity contribution in [1.82, 2.24) is 14.7 Å². The van der Waals surface area contributed by atoms with Gasteiger partial charge in [-0.05, 0) is 50.2 Å². The number of rotatable bonds is 4. The van der Waals surface area contributed by atoms with Crippen LogP contribution in [0.15, 0.2) is 53.6 Å². The SMILES string of the molecule is CC(C)NC(=O)c1nc(-c2ccc([S+](C)(=O)[O-])cc2)c2ccccn12. The number of carbonyl (C=O) groups is 1. The van der Waals surface area contributed by atoms with Gasteiger partial charge in [0.2, 0.25) is 5.82 Å². The van der Waals surface area contributed by atoms with E-state index >= 15 is 0 Å². The minimum atomic E-state index is -3.26. The molecule has 1 amide bonds. The summed E-state index contributed by atoms with van der Waals surface area (Å²) in [5, 5.41) is 2.84. The van der Waals surface area contributed by atoms with E-state index in [4.69, 9.17) is 0 Å². The monoisotopic (exact) mass is 357 g/mol. The molecule has 0 aliphatic rings. The minimum absolute atomic E-state index is 0.000978. The fourth-order valence-corrected chi connectivity index (χ4v) is 3.23. The summed E-state index contributed by atoms with van der Waals surface area (Å²) in [6, 6.07) is 12.1. The van der Waals surface area contributed by atoms with Crippen LogP contribution in [0.4, 0.5) is 0 Å². The Labute approximate surface area is 147 Å². The van der Waals surface area contributed by atoms with Crippen molar-refractivity contribution in [2.45, 2.75) is 24.8 Å². The van der Waals surface area contributed by atoms with Gasteiger partial charge in [0.1, 0.15) is 6.26 Å². The molecule has 1 unspecified atom stereocenters. The van der Waals surface area contributed by atoms with Gasteiger partial charge in [-0.2, -0.15) is 0 Å². The second kappa shape index (κ2) is 6.42. The molecule has 0 bridgehead atoms. The fourth-order valence-electron chi connectivity index (χ4n) is 2.60. The van der Waals surface area contributed by atoms with Crippen LogP contribution in [0.2, 0.25) is 0 Å². The van der Waals surface area contributed by atoms with Crippen molar-refractivity contribution in [2.75, 3.05) is 6.26 Å². The number of sulfone groups is 1. The zero-order valence-corrected chi connectivity index (χ0v) is 15.0. The van der Waals surface area contributed by atoms with E-state index in [2.05, 4.69) is 10.3 Å². The van der Waals surface area contributed by atoms with Gasteiger partial charge in [-0.25, -0.2) is 4.98 Å². The van der Waals surface area contributed by atoms with Crippen molar-refractivity contribution in [3.63, 3.8) is 0 Å². The van der Waals surface area contributed by atoms with Crippen molar-refractivity contribution in [2.24, 2.45) is 0 Å². The molecule has 2 aromatic heterocycles. The van der Waals surface area contributed by atoms with Crippen LogP contribution in [0.5, 0.6) is 0 Å². The van der Waals surface area contributed by atoms with E-state index in [1.54, 1.807) is 34.9 Å². The van der Waals surface area contributed by atoms with E-state index in [1.807, 2.05) is 32.0 Å². The summed E-state index contributed by atoms with van der Waals surface area (Å²) < 4.78 is 25.0. The summed E-state index contributed by atoms with van der Waals surface area (Å²) in [4.78, 5) is 17.2. The van der Waals surface area contributed by atoms with Crippen molar-refractivity contribution in [3.8, 4) is 11.3 Å². The highest BCUT2D eigenvalue weighted by Gasteiger charge is 2.19. The first kappa shape index (κ1) is 17.3. The Kier molecular flexibility index (Phi) is 4.45. The Balaban J connectivity index is 2.11. The average Bonchev–Trinajstić information content (AvgIpc) is 2.93. The molecule has 2 heterocycles. The number of nitrogens with one attached hydrogen (secondary N) is 1. The van der Waals surface area contributed by atoms with E-state index in [9.17, 15) is 13.6 Å². The predicted octanol–water partition coefficient (Wildman–Crippen LogP) is 2.76. The number of hydrogen-bond donors (Lipinski definition) is 1. The van der Waals surface area contributed by atoms with Crippen LogP contribution in [0, 0.1) is 0 Å². The van der Waals surface area contributed by atoms with Gasteiger partial charge in [0.05, 0.1) is 21.4 Å². The summed E-state index contributed by atoms with van der Waals surface area (Å²) in [5.41, 5.74) is 2.16. The third kappa shape index (κ3) is 3.47. The normalized spacial score (nSPS) is 13.8. The lowest BCUT2D eigenvalue weighted by Gasteiger charge is -2.08. The molecule has 3 rings (SSSR count). The maximum Gasteiger partial charge on any atom is 0.287 e. The Morgan fingerprint density at radius 3 is 2.48 bits per heavy atom. The number of benzene rings is 1. The standard InChI is InChI=1S/C18H19N3O3S/c1-12(2)19-18(22)17-20-16(15-6-4-5-11-21(15)17)13-7-9-14(10-8-13)25(3,23)24/h4-12H,1-3H3,(H-,19,22,23,24). The van der Waals surface area contributed by atoms with Crippen LogP contribution >= 0.6 is 0 Å². The Morgan fingerprint density at radius 1 is 1.20 bits per heavy atom. The molecular weight excluding hydrogens is 338 g/mol. The molecule has 1 aromatic carbocycles. The first-order valence-electron chi connectivity index (χ1n) is 7.86. The summed E-state index contributed by atoms with van der Waals surface area (Å²) in [6.07, 6.45) is 2.95. The maximum atomic E-state index is 12.4. The van der Waals surface area contributed by atoms with E-state index in [0.717, 1.165) is 11.1 Å². The first-order valence-corrected chi connectivity index (χ1v) is 9.75. The van der Waals surface area contributed by atoms with Crippen molar-refractivity contribution < 1.29 is 13.6 Å². The van der Waals surface area contributed by atoms with E-state index in [0.29, 0.717) is 11.5 Å². The Hall–Kier alpha value is -2.51. The van der Waals surface area contributed by atoms with Gasteiger partial charge >= 0.3 is 0 Å². The molecule has 3 aromatic rings. The number of pyridine rings is 1. The molecule has 1 N–H and O–H groups in total. The van der Waals surface area contributed by atoms with Crippen LogP contribution in [-0.4, -0.2) is 32.1 Å². The first-order chi connectivity index (χ1) is 11.8. The minimum Gasteiger partial charge on any atom is -0.610 e. The number of fused-ring (bicyclic) bond motifs is 1. The largest absolute Gasteiger partial charge is 0.610 e. The maximum absolute atomic E-state index is 12.4. The molecule has 0 aliphatic carbocycles. The number of amides is 1. The molecule has 0 aliphatic heterocycles. The smallest absolute Gasteiger partial charge is 0.287 e. The molecule has 6 nitrogen and oxygen atoms in total. The third-order valence-corrected chi connectivity index (χ3v) is 4.86. The molecule has 0 saturated carbocycles. The van der Waals surface area contributed by atoms with Crippen LogP contribution in [0.3, 0.4) is 0 Å². The second-order valence-electron chi connectivity index (χ2n) is 6.16. The summed E-state index contributed by atoms with van der Waals surface area (Å²) in [7, 11) is -3.26. The van der Waals surface area contributed by atoms with E-state index < -0.39 is 10.2 Å². The van der Waals surface area contributed by atoms with Crippen molar-refractivity contribution in [1.29, 1.82) is 0 Å². The Morgan fingerprint density at radius 2 is 1.88 bits per heavy atom. The van der Waals surface area contributed by atoms with Crippen LogP contribution in [-0.2, 0) is 14.4 Å². The number of aromatic nitrogens is 2. The number of hydrogen-bond acceptors (Lipinski definition) is 4. The zero-order valence-electron chi connectivity index (χ0n) is 14.2. The van der Waals surface area contributed by atoms with Crippen LogP contribution in [0.25, 0.3) is 16.8 Å². The van der Waals surface area contributed by atoms with Crippen LogP contribution in [0.1, 0.15) is 24.5 Å². The van der Waals surface area contributed by atoms with E-state index in [-0.39, 0.29) is 16.8 Å². The van der Waals surface area contributed by atoms with Crippen molar-refractivity contribution in [3.05, 3.63) is 54.5 Å². The predicted molar refractivity (Wildman–Crippen MR) is 96.2 cm³/mol. The Bertz CT molecular complexity index is 971. The highest BCUT2D eigenvalue weighted by atomic mass is 32.3. The highest BCUT2D eigenvalue weighted by molar-refractivity contribution is 7.97. The third-order valence-electron chi connectivity index (χ3n) is 3.73. The molecule has 0 fully saturated rings. The van der Waals surface area contributed by atoms with E-state index in [1.165, 1.54) is 6.26 Å². The average molecular weight is 357 g/mol. The lowest BCUT2D eigenvalue weighted by Crippen LogP contribution is -2.31. The fraction of sp³-hybridized carbons (Fsp3) is 0.222. The molecular formula is C18H19N3O3S. The zero-order chi connectivity index (χ0) is 18.2. The van der Waals surface area contributed by atoms with Crippen LogP contribution < -0.4 is 5.32 Å². The van der Waals surface area contributed by atoms with Gasteiger partial charge in [-0.15, -0.1) is 4.21 Å². The molecule has 7 heteroatoms. The van der Waals surface area contributed by atoms with Crippen molar-refractivity contribution >= 4 is 21.6 Å². The quantitative estimate of drug-likeness (QED) is 0.728. The molecule has 130 valence electrons. The highest BCUT2D eigenvalue weighted by Crippen LogP contribution is 2.26. The number of imidazole rings is 1. The molecule has 0 radical (unpaired) electrons. The summed E-state index contributed by atoms with van der Waals surface area (Å²) in [6.45, 7) is 3.77. The van der Waals surface area contributed by atoms with Gasteiger partial charge in [0.15, 0.2) is 4.90 Å². The molecule has 0 saturated heterocycles. The molecule has 1 atom stereocenters. The van der Waals surface area contributed by atoms with Gasteiger partial charge in [0.25, 0.3) is 5.91 Å². The molecule has 0 spiro atoms. The van der Waals surface area contributed by atoms with Gasteiger partial charge in [-0.3, -0.25) is 9.20 Å². The summed E-state index contributed by atoms with van der Waals surface area (Å²) >= 11 is 0. The lowest BCUT2D eigenvalue weighted by atomic mass is 10.1. The summed E-state index contributed by atoms with van der Waals surface area (Å²) in [5.74, 6) is 0.0432. The van der Waals surface area contributed by atoms with Gasteiger partial charge in [0, 0.05) is 17.8 Å². The molecule has 25 heavy (non-hydrogen) atoms. The lowest BCUT2D eigenvalue weighted by molar-refractivity contribution is 0.0932. The second-order valence-corrected chi connectivity index (χ2v) is 8.18. The van der Waals surface area contributed by atoms with Gasteiger partial charge in [-0.1, -0.05) is 6.07 Å². The van der Waals surface area contributed by atoms with Gasteiger partial charge < -0.3 is 9.87 Å².